The smallest absolute Gasteiger partial charge is 0.226 e. The fourth-order valence-corrected chi connectivity index (χ4v) is 4.37. The molecule has 7 heteroatoms. The third-order valence-electron chi connectivity index (χ3n) is 4.55. The van der Waals surface area contributed by atoms with Crippen LogP contribution in [0.25, 0.3) is 0 Å². The molecule has 122 valence electrons. The molecule has 6 nitrogen and oxygen atoms in total. The molecule has 0 spiro atoms. The van der Waals surface area contributed by atoms with E-state index in [1.165, 1.54) is 10.4 Å². The number of thiophene rings is 1. The van der Waals surface area contributed by atoms with Gasteiger partial charge in [-0.1, -0.05) is 5.16 Å². The van der Waals surface area contributed by atoms with Gasteiger partial charge in [0, 0.05) is 24.8 Å². The van der Waals surface area contributed by atoms with Crippen LogP contribution in [0.2, 0.25) is 0 Å². The monoisotopic (exact) mass is 333 g/mol. The molecule has 0 aromatic carbocycles. The predicted octanol–water partition coefficient (Wildman–Crippen LogP) is 2.81. The molecule has 2 unspecified atom stereocenters. The lowest BCUT2D eigenvalue weighted by Gasteiger charge is -2.27. The molecule has 0 radical (unpaired) electrons. The van der Waals surface area contributed by atoms with Crippen LogP contribution in [0.1, 0.15) is 53.6 Å². The van der Waals surface area contributed by atoms with Crippen LogP contribution in [0, 0.1) is 6.92 Å². The number of carbonyl (C=O) groups excluding carboxylic acids is 1. The summed E-state index contributed by atoms with van der Waals surface area (Å²) in [6.45, 7) is 3.21. The summed E-state index contributed by atoms with van der Waals surface area (Å²) < 4.78 is 10.9. The highest BCUT2D eigenvalue weighted by Crippen LogP contribution is 2.36. The molecule has 2 atom stereocenters. The summed E-state index contributed by atoms with van der Waals surface area (Å²) in [6.07, 6.45) is 3.08. The molecular weight excluding hydrogens is 314 g/mol. The number of hydrogen-bond donors (Lipinski definition) is 0. The van der Waals surface area contributed by atoms with Gasteiger partial charge in [-0.05, 0) is 29.9 Å². The maximum absolute atomic E-state index is 12.8. The van der Waals surface area contributed by atoms with Crippen molar-refractivity contribution in [1.29, 1.82) is 0 Å². The van der Waals surface area contributed by atoms with E-state index in [4.69, 9.17) is 9.26 Å². The largest absolute Gasteiger partial charge is 0.373 e. The van der Waals surface area contributed by atoms with E-state index in [9.17, 15) is 4.79 Å². The molecule has 1 saturated heterocycles. The van der Waals surface area contributed by atoms with Gasteiger partial charge in [-0.2, -0.15) is 4.98 Å². The summed E-state index contributed by atoms with van der Waals surface area (Å²) in [6, 6.07) is 2.02. The number of aryl methyl sites for hydroxylation is 1. The summed E-state index contributed by atoms with van der Waals surface area (Å²) in [7, 11) is 0. The predicted molar refractivity (Wildman–Crippen MR) is 84.1 cm³/mol. The van der Waals surface area contributed by atoms with E-state index < -0.39 is 0 Å². The van der Waals surface area contributed by atoms with Crippen LogP contribution in [0.5, 0.6) is 0 Å². The third kappa shape index (κ3) is 2.79. The van der Waals surface area contributed by atoms with Gasteiger partial charge in [-0.25, -0.2) is 0 Å². The Morgan fingerprint density at radius 1 is 1.52 bits per heavy atom. The highest BCUT2D eigenvalue weighted by atomic mass is 32.1. The zero-order chi connectivity index (χ0) is 15.8. The summed E-state index contributed by atoms with van der Waals surface area (Å²) >= 11 is 1.75. The zero-order valence-corrected chi connectivity index (χ0v) is 13.8. The summed E-state index contributed by atoms with van der Waals surface area (Å²) in [4.78, 5) is 20.3. The van der Waals surface area contributed by atoms with Gasteiger partial charge in [0.05, 0.1) is 25.2 Å². The highest BCUT2D eigenvalue weighted by molar-refractivity contribution is 7.10. The summed E-state index contributed by atoms with van der Waals surface area (Å²) in [5.74, 6) is 1.27. The maximum Gasteiger partial charge on any atom is 0.226 e. The second-order valence-electron chi connectivity index (χ2n) is 6.03. The molecular formula is C16H19N3O3S. The Morgan fingerprint density at radius 2 is 2.43 bits per heavy atom. The van der Waals surface area contributed by atoms with Crippen LogP contribution in [0.15, 0.2) is 16.0 Å². The number of fused-ring (bicyclic) bond motifs is 1. The molecule has 1 fully saturated rings. The molecule has 1 amide bonds. The minimum atomic E-state index is -0.120. The highest BCUT2D eigenvalue weighted by Gasteiger charge is 2.35. The first kappa shape index (κ1) is 14.8. The van der Waals surface area contributed by atoms with E-state index in [2.05, 4.69) is 21.6 Å². The number of nitrogens with zero attached hydrogens (tertiary/aromatic N) is 3. The first-order valence-corrected chi connectivity index (χ1v) is 8.88. The number of carbonyl (C=O) groups is 1. The van der Waals surface area contributed by atoms with E-state index in [0.29, 0.717) is 24.7 Å². The van der Waals surface area contributed by atoms with Crippen LogP contribution < -0.4 is 0 Å². The van der Waals surface area contributed by atoms with E-state index in [-0.39, 0.29) is 18.1 Å². The van der Waals surface area contributed by atoms with Gasteiger partial charge in [-0.3, -0.25) is 4.79 Å². The Morgan fingerprint density at radius 3 is 3.26 bits per heavy atom. The first-order valence-electron chi connectivity index (χ1n) is 8.00. The standard InChI is InChI=1S/C16H19N3O3S/c1-10-17-16(18-22-10)12-3-2-6-19(12)15(20)9-13-11-5-8-23-14(11)4-7-21-13/h5,8,12-13H,2-4,6-7,9H2,1H3. The van der Waals surface area contributed by atoms with Gasteiger partial charge >= 0.3 is 0 Å². The number of rotatable bonds is 3. The number of aromatic nitrogens is 2. The van der Waals surface area contributed by atoms with Crippen molar-refractivity contribution in [2.45, 2.75) is 44.8 Å². The van der Waals surface area contributed by atoms with Crippen LogP contribution in [-0.2, 0) is 16.0 Å². The van der Waals surface area contributed by atoms with E-state index in [0.717, 1.165) is 25.8 Å². The lowest BCUT2D eigenvalue weighted by Crippen LogP contribution is -2.33. The molecule has 23 heavy (non-hydrogen) atoms. The number of likely N-dealkylation sites (tertiary alicyclic amines) is 1. The Kier molecular flexibility index (Phi) is 3.90. The van der Waals surface area contributed by atoms with Crippen molar-refractivity contribution in [2.75, 3.05) is 13.2 Å². The molecule has 2 aliphatic heterocycles. The third-order valence-corrected chi connectivity index (χ3v) is 5.55. The molecule has 4 heterocycles. The van der Waals surface area contributed by atoms with Crippen molar-refractivity contribution in [2.24, 2.45) is 0 Å². The average Bonchev–Trinajstić information content (AvgIpc) is 3.26. The van der Waals surface area contributed by atoms with Gasteiger partial charge in [0.25, 0.3) is 0 Å². The van der Waals surface area contributed by atoms with Crippen molar-refractivity contribution in [3.8, 4) is 0 Å². The Bertz CT molecular complexity index is 711. The lowest BCUT2D eigenvalue weighted by atomic mass is 10.0. The van der Waals surface area contributed by atoms with Gasteiger partial charge in [-0.15, -0.1) is 11.3 Å². The molecule has 0 bridgehead atoms. The fraction of sp³-hybridized carbons (Fsp3) is 0.562. The van der Waals surface area contributed by atoms with Crippen molar-refractivity contribution >= 4 is 17.2 Å². The van der Waals surface area contributed by atoms with Gasteiger partial charge < -0.3 is 14.2 Å². The molecule has 0 aliphatic carbocycles. The van der Waals surface area contributed by atoms with Crippen molar-refractivity contribution in [3.05, 3.63) is 33.6 Å². The second-order valence-corrected chi connectivity index (χ2v) is 7.03. The van der Waals surface area contributed by atoms with E-state index in [1.807, 2.05) is 4.90 Å². The molecule has 2 aliphatic rings. The molecule has 0 saturated carbocycles. The Labute approximate surface area is 138 Å². The van der Waals surface area contributed by atoms with Crippen LogP contribution in [0.3, 0.4) is 0 Å². The zero-order valence-electron chi connectivity index (χ0n) is 13.0. The summed E-state index contributed by atoms with van der Waals surface area (Å²) in [5.41, 5.74) is 1.18. The summed E-state index contributed by atoms with van der Waals surface area (Å²) in [5, 5.41) is 6.08. The maximum atomic E-state index is 12.8. The number of ether oxygens (including phenoxy) is 1. The van der Waals surface area contributed by atoms with Gasteiger partial charge in [0.2, 0.25) is 11.8 Å². The molecule has 4 rings (SSSR count). The topological polar surface area (TPSA) is 68.5 Å². The molecule has 0 N–H and O–H groups in total. The van der Waals surface area contributed by atoms with Crippen molar-refractivity contribution in [3.63, 3.8) is 0 Å². The first-order chi connectivity index (χ1) is 11.2. The van der Waals surface area contributed by atoms with Crippen molar-refractivity contribution in [1.82, 2.24) is 15.0 Å². The Balaban J connectivity index is 1.49. The fourth-order valence-electron chi connectivity index (χ4n) is 3.45. The van der Waals surface area contributed by atoms with Crippen molar-refractivity contribution < 1.29 is 14.1 Å². The van der Waals surface area contributed by atoms with E-state index >= 15 is 0 Å². The van der Waals surface area contributed by atoms with Crippen LogP contribution in [0.4, 0.5) is 0 Å². The molecule has 2 aromatic rings. The average molecular weight is 333 g/mol. The minimum absolute atomic E-state index is 0.0644. The van der Waals surface area contributed by atoms with Gasteiger partial charge in [0.15, 0.2) is 5.82 Å². The number of amides is 1. The minimum Gasteiger partial charge on any atom is -0.373 e. The quantitative estimate of drug-likeness (QED) is 0.864. The normalized spacial score (nSPS) is 24.0. The van der Waals surface area contributed by atoms with Crippen LogP contribution in [-0.4, -0.2) is 34.1 Å². The Hall–Kier alpha value is -1.73. The molecule has 2 aromatic heterocycles. The lowest BCUT2D eigenvalue weighted by molar-refractivity contribution is -0.135. The number of hydrogen-bond acceptors (Lipinski definition) is 6. The second kappa shape index (κ2) is 6.05. The van der Waals surface area contributed by atoms with E-state index in [1.54, 1.807) is 18.3 Å². The van der Waals surface area contributed by atoms with Crippen LogP contribution >= 0.6 is 11.3 Å². The van der Waals surface area contributed by atoms with Gasteiger partial charge in [0.1, 0.15) is 0 Å². The SMILES string of the molecule is Cc1nc(C2CCCN2C(=O)CC2OCCc3sccc32)no1.